The van der Waals surface area contributed by atoms with Crippen LogP contribution in [0.15, 0.2) is 41.3 Å². The van der Waals surface area contributed by atoms with Crippen LogP contribution in [0.25, 0.3) is 22.4 Å². The van der Waals surface area contributed by atoms with Gasteiger partial charge in [0.2, 0.25) is 5.82 Å². The van der Waals surface area contributed by atoms with Gasteiger partial charge in [-0.25, -0.2) is 4.98 Å². The van der Waals surface area contributed by atoms with Gasteiger partial charge in [-0.15, -0.1) is 4.73 Å². The fourth-order valence-corrected chi connectivity index (χ4v) is 4.00. The van der Waals surface area contributed by atoms with E-state index in [4.69, 9.17) is 9.57 Å². The Morgan fingerprint density at radius 3 is 2.53 bits per heavy atom. The molecule has 0 saturated carbocycles. The van der Waals surface area contributed by atoms with Crippen LogP contribution in [-0.2, 0) is 4.79 Å². The quantitative estimate of drug-likeness (QED) is 0.603. The third kappa shape index (κ3) is 4.35. The number of aromatic nitrogens is 3. The first-order chi connectivity index (χ1) is 16.2. The lowest BCUT2D eigenvalue weighted by Gasteiger charge is -2.33. The predicted octanol–water partition coefficient (Wildman–Crippen LogP) is 2.49. The molecule has 180 valence electrons. The van der Waals surface area contributed by atoms with Gasteiger partial charge in [0.15, 0.2) is 0 Å². The van der Waals surface area contributed by atoms with Crippen molar-refractivity contribution in [3.63, 3.8) is 0 Å². The molecule has 1 amide bonds. The maximum Gasteiger partial charge on any atom is 0.471 e. The van der Waals surface area contributed by atoms with E-state index in [0.717, 1.165) is 9.63 Å². The van der Waals surface area contributed by atoms with E-state index in [2.05, 4.69) is 15.3 Å². The van der Waals surface area contributed by atoms with Crippen molar-refractivity contribution in [1.29, 1.82) is 0 Å². The number of ether oxygens (including phenoxy) is 1. The number of rotatable bonds is 5. The summed E-state index contributed by atoms with van der Waals surface area (Å²) < 4.78 is 44.4. The van der Waals surface area contributed by atoms with Crippen LogP contribution < -0.4 is 20.5 Å². The van der Waals surface area contributed by atoms with Crippen molar-refractivity contribution in [2.24, 2.45) is 0 Å². The third-order valence-corrected chi connectivity index (χ3v) is 5.63. The van der Waals surface area contributed by atoms with E-state index >= 15 is 0 Å². The molecule has 0 atom stereocenters. The zero-order valence-corrected chi connectivity index (χ0v) is 18.4. The van der Waals surface area contributed by atoms with Gasteiger partial charge >= 0.3 is 12.1 Å². The highest BCUT2D eigenvalue weighted by Crippen LogP contribution is 2.29. The van der Waals surface area contributed by atoms with Crippen molar-refractivity contribution in [3.8, 4) is 17.3 Å². The van der Waals surface area contributed by atoms with Gasteiger partial charge in [0.05, 0.1) is 18.3 Å². The topological polar surface area (TPSA) is 98.6 Å². The second-order valence-corrected chi connectivity index (χ2v) is 7.68. The molecule has 1 aromatic carbocycles. The average Bonchev–Trinajstić information content (AvgIpc) is 2.83. The summed E-state index contributed by atoms with van der Waals surface area (Å²) >= 11 is 0. The van der Waals surface area contributed by atoms with Crippen molar-refractivity contribution in [3.05, 3.63) is 46.9 Å². The van der Waals surface area contributed by atoms with Crippen LogP contribution >= 0.6 is 0 Å². The minimum absolute atomic E-state index is 0.0254. The fraction of sp³-hybridized carbons (Fsp3) is 0.364. The summed E-state index contributed by atoms with van der Waals surface area (Å²) in [4.78, 5) is 39.7. The number of piperidine rings is 1. The highest BCUT2D eigenvalue weighted by atomic mass is 19.4. The lowest BCUT2D eigenvalue weighted by molar-refractivity contribution is -0.186. The molecule has 3 heterocycles. The molecule has 0 unspecified atom stereocenters. The molecule has 0 spiro atoms. The van der Waals surface area contributed by atoms with E-state index in [9.17, 15) is 22.8 Å². The summed E-state index contributed by atoms with van der Waals surface area (Å²) in [6.45, 7) is -0.0508. The molecule has 1 fully saturated rings. The number of fused-ring (bicyclic) bond motifs is 1. The first-order valence-electron chi connectivity index (χ1n) is 10.5. The van der Waals surface area contributed by atoms with E-state index in [1.165, 1.54) is 20.4 Å². The standard InChI is InChI=1S/C22H22F3N5O4/c1-33-16-7-3-5-14-17(16)20(31)30(34-2)19(28-14)18-15(6-4-10-26-18)27-13-8-11-29(12-9-13)21(32)22(23,24)25/h3-7,10,13,27H,8-9,11-12H2,1-2H3. The summed E-state index contributed by atoms with van der Waals surface area (Å²) in [7, 11) is 2.78. The van der Waals surface area contributed by atoms with Crippen LogP contribution in [0, 0.1) is 0 Å². The molecule has 1 N–H and O–H groups in total. The van der Waals surface area contributed by atoms with Crippen molar-refractivity contribution < 1.29 is 27.5 Å². The third-order valence-electron chi connectivity index (χ3n) is 5.63. The lowest BCUT2D eigenvalue weighted by Crippen LogP contribution is -2.47. The number of amides is 1. The van der Waals surface area contributed by atoms with E-state index in [1.54, 1.807) is 30.3 Å². The van der Waals surface area contributed by atoms with Gasteiger partial charge in [-0.3, -0.25) is 14.6 Å². The first kappa shape index (κ1) is 23.3. The number of methoxy groups -OCH3 is 1. The molecule has 0 aliphatic carbocycles. The molecule has 1 aliphatic rings. The van der Waals surface area contributed by atoms with Gasteiger partial charge in [0.1, 0.15) is 23.9 Å². The Hall–Kier alpha value is -3.83. The maximum atomic E-state index is 13.2. The van der Waals surface area contributed by atoms with Crippen LogP contribution in [0.1, 0.15) is 12.8 Å². The molecule has 1 saturated heterocycles. The van der Waals surface area contributed by atoms with Gasteiger partial charge in [0, 0.05) is 25.3 Å². The Morgan fingerprint density at radius 2 is 1.88 bits per heavy atom. The Kier molecular flexibility index (Phi) is 6.31. The number of hydrogen-bond acceptors (Lipinski definition) is 7. The minimum atomic E-state index is -4.88. The SMILES string of the molecule is COc1cccc2nc(-c3ncccc3NC3CCN(C(=O)C(F)(F)F)CC3)n(OC)c(=O)c12. The van der Waals surface area contributed by atoms with Crippen LogP contribution in [0.2, 0.25) is 0 Å². The Morgan fingerprint density at radius 1 is 1.15 bits per heavy atom. The molecular weight excluding hydrogens is 455 g/mol. The number of pyridine rings is 1. The summed E-state index contributed by atoms with van der Waals surface area (Å²) in [5, 5.41) is 3.52. The number of halogens is 3. The summed E-state index contributed by atoms with van der Waals surface area (Å²) in [6.07, 6.45) is -2.72. The largest absolute Gasteiger partial charge is 0.496 e. The van der Waals surface area contributed by atoms with Gasteiger partial charge < -0.3 is 19.8 Å². The molecule has 0 bridgehead atoms. The molecular formula is C22H22F3N5O4. The number of nitrogens with zero attached hydrogens (tertiary/aromatic N) is 4. The summed E-state index contributed by atoms with van der Waals surface area (Å²) in [6, 6.07) is 8.25. The number of anilines is 1. The molecule has 1 aliphatic heterocycles. The number of benzene rings is 1. The van der Waals surface area contributed by atoms with Gasteiger partial charge in [-0.05, 0) is 37.1 Å². The van der Waals surface area contributed by atoms with Gasteiger partial charge in [0.25, 0.3) is 5.56 Å². The van der Waals surface area contributed by atoms with E-state index in [-0.39, 0.29) is 30.3 Å². The molecule has 0 radical (unpaired) electrons. The normalized spacial score (nSPS) is 14.8. The number of carbonyl (C=O) groups is 1. The van der Waals surface area contributed by atoms with Crippen molar-refractivity contribution in [1.82, 2.24) is 19.6 Å². The smallest absolute Gasteiger partial charge is 0.471 e. The Labute approximate surface area is 192 Å². The highest BCUT2D eigenvalue weighted by molar-refractivity contribution is 5.86. The van der Waals surface area contributed by atoms with Crippen LogP contribution in [0.3, 0.4) is 0 Å². The van der Waals surface area contributed by atoms with E-state index in [1.807, 2.05) is 0 Å². The molecule has 34 heavy (non-hydrogen) atoms. The zero-order chi connectivity index (χ0) is 24.5. The Bertz CT molecular complexity index is 1270. The number of carbonyl (C=O) groups excluding carboxylic acids is 1. The van der Waals surface area contributed by atoms with Gasteiger partial charge in [-0.1, -0.05) is 6.07 Å². The highest BCUT2D eigenvalue weighted by Gasteiger charge is 2.43. The van der Waals surface area contributed by atoms with Crippen molar-refractivity contribution in [2.75, 3.05) is 32.6 Å². The number of alkyl halides is 3. The van der Waals surface area contributed by atoms with E-state index < -0.39 is 17.6 Å². The van der Waals surface area contributed by atoms with E-state index in [0.29, 0.717) is 35.5 Å². The maximum absolute atomic E-state index is 13.2. The molecule has 2 aromatic heterocycles. The molecule has 9 nitrogen and oxygen atoms in total. The number of likely N-dealkylation sites (tertiary alicyclic amines) is 1. The number of hydrogen-bond donors (Lipinski definition) is 1. The summed E-state index contributed by atoms with van der Waals surface area (Å²) in [5.74, 6) is -1.32. The number of nitrogens with one attached hydrogen (secondary N) is 1. The fourth-order valence-electron chi connectivity index (χ4n) is 4.00. The lowest BCUT2D eigenvalue weighted by atomic mass is 10.0. The molecule has 4 rings (SSSR count). The zero-order valence-electron chi connectivity index (χ0n) is 18.4. The molecule has 12 heteroatoms. The monoisotopic (exact) mass is 477 g/mol. The summed E-state index contributed by atoms with van der Waals surface area (Å²) in [5.41, 5.74) is 0.779. The first-order valence-corrected chi connectivity index (χ1v) is 10.5. The average molecular weight is 477 g/mol. The van der Waals surface area contributed by atoms with Crippen molar-refractivity contribution in [2.45, 2.75) is 25.1 Å². The second kappa shape index (κ2) is 9.20. The second-order valence-electron chi connectivity index (χ2n) is 7.68. The van der Waals surface area contributed by atoms with Crippen LogP contribution in [-0.4, -0.2) is 65.0 Å². The van der Waals surface area contributed by atoms with Crippen molar-refractivity contribution >= 4 is 22.5 Å². The van der Waals surface area contributed by atoms with Crippen LogP contribution in [0.5, 0.6) is 5.75 Å². The molecule has 3 aromatic rings. The van der Waals surface area contributed by atoms with Crippen LogP contribution in [0.4, 0.5) is 18.9 Å². The predicted molar refractivity (Wildman–Crippen MR) is 118 cm³/mol. The Balaban J connectivity index is 1.65. The van der Waals surface area contributed by atoms with Gasteiger partial charge in [-0.2, -0.15) is 13.2 Å². The minimum Gasteiger partial charge on any atom is -0.496 e.